The third-order valence-corrected chi connectivity index (χ3v) is 4.11. The standard InChI is InChI=1S/C13H20O3/c1-12(2)7-9(14)11(16)13(8-12)6-4-3-5-10(13)15/h11,16H,3-8H2,1-2H3/t11-,13-/m1/s1. The molecule has 1 N–H and O–H groups in total. The lowest BCUT2D eigenvalue weighted by Crippen LogP contribution is -2.55. The Labute approximate surface area is 96.2 Å². The largest absolute Gasteiger partial charge is 0.384 e. The van der Waals surface area contributed by atoms with Crippen molar-refractivity contribution in [2.45, 2.75) is 58.5 Å². The van der Waals surface area contributed by atoms with Crippen molar-refractivity contribution in [3.8, 4) is 0 Å². The van der Waals surface area contributed by atoms with Gasteiger partial charge in [-0.3, -0.25) is 9.59 Å². The van der Waals surface area contributed by atoms with Gasteiger partial charge in [-0.15, -0.1) is 0 Å². The molecule has 0 saturated heterocycles. The Morgan fingerprint density at radius 2 is 1.94 bits per heavy atom. The van der Waals surface area contributed by atoms with Gasteiger partial charge in [-0.05, 0) is 24.7 Å². The van der Waals surface area contributed by atoms with Gasteiger partial charge < -0.3 is 5.11 Å². The predicted molar refractivity (Wildman–Crippen MR) is 59.9 cm³/mol. The molecule has 0 aromatic rings. The van der Waals surface area contributed by atoms with Crippen molar-refractivity contribution in [2.75, 3.05) is 0 Å². The number of rotatable bonds is 0. The molecule has 2 saturated carbocycles. The molecule has 2 aliphatic rings. The molecule has 0 radical (unpaired) electrons. The molecular weight excluding hydrogens is 204 g/mol. The van der Waals surface area contributed by atoms with Crippen molar-refractivity contribution in [3.05, 3.63) is 0 Å². The highest BCUT2D eigenvalue weighted by molar-refractivity contribution is 5.96. The van der Waals surface area contributed by atoms with Crippen LogP contribution in [-0.2, 0) is 9.59 Å². The lowest BCUT2D eigenvalue weighted by Gasteiger charge is -2.47. The second kappa shape index (κ2) is 3.66. The first-order valence-corrected chi connectivity index (χ1v) is 6.12. The Bertz CT molecular complexity index is 332. The van der Waals surface area contributed by atoms with Crippen LogP contribution in [0.5, 0.6) is 0 Å². The fraction of sp³-hybridized carbons (Fsp3) is 0.846. The van der Waals surface area contributed by atoms with E-state index in [1.165, 1.54) is 0 Å². The molecule has 0 unspecified atom stereocenters. The van der Waals surface area contributed by atoms with Gasteiger partial charge in [0.05, 0.1) is 5.41 Å². The van der Waals surface area contributed by atoms with Crippen molar-refractivity contribution in [3.63, 3.8) is 0 Å². The Morgan fingerprint density at radius 1 is 1.25 bits per heavy atom. The fourth-order valence-corrected chi connectivity index (χ4v) is 3.48. The molecule has 2 fully saturated rings. The number of hydrogen-bond acceptors (Lipinski definition) is 3. The zero-order valence-electron chi connectivity index (χ0n) is 10.1. The van der Waals surface area contributed by atoms with Crippen LogP contribution < -0.4 is 0 Å². The fourth-order valence-electron chi connectivity index (χ4n) is 3.48. The maximum Gasteiger partial charge on any atom is 0.162 e. The van der Waals surface area contributed by atoms with Crippen LogP contribution in [0, 0.1) is 10.8 Å². The summed E-state index contributed by atoms with van der Waals surface area (Å²) < 4.78 is 0. The second-order valence-corrected chi connectivity index (χ2v) is 6.17. The Balaban J connectivity index is 2.36. The molecule has 2 aliphatic carbocycles. The molecule has 0 amide bonds. The van der Waals surface area contributed by atoms with Crippen LogP contribution in [0.1, 0.15) is 52.4 Å². The van der Waals surface area contributed by atoms with Gasteiger partial charge in [0.25, 0.3) is 0 Å². The van der Waals surface area contributed by atoms with E-state index in [0.29, 0.717) is 25.7 Å². The van der Waals surface area contributed by atoms with Crippen molar-refractivity contribution in [1.82, 2.24) is 0 Å². The average Bonchev–Trinajstić information content (AvgIpc) is 2.17. The summed E-state index contributed by atoms with van der Waals surface area (Å²) in [6.07, 6.45) is 3.07. The zero-order valence-corrected chi connectivity index (χ0v) is 10.1. The first-order valence-electron chi connectivity index (χ1n) is 6.12. The molecule has 2 atom stereocenters. The first-order chi connectivity index (χ1) is 7.37. The normalized spacial score (nSPS) is 39.1. The van der Waals surface area contributed by atoms with E-state index >= 15 is 0 Å². The van der Waals surface area contributed by atoms with E-state index in [9.17, 15) is 14.7 Å². The van der Waals surface area contributed by atoms with E-state index in [2.05, 4.69) is 0 Å². The molecule has 16 heavy (non-hydrogen) atoms. The van der Waals surface area contributed by atoms with Crippen LogP contribution in [0.2, 0.25) is 0 Å². The SMILES string of the molecule is CC1(C)CC(=O)[C@@H](O)[C@]2(CCCCC2=O)C1. The Morgan fingerprint density at radius 3 is 2.56 bits per heavy atom. The van der Waals surface area contributed by atoms with Crippen molar-refractivity contribution >= 4 is 11.6 Å². The van der Waals surface area contributed by atoms with Crippen LogP contribution in [-0.4, -0.2) is 22.8 Å². The summed E-state index contributed by atoms with van der Waals surface area (Å²) in [7, 11) is 0. The number of aliphatic hydroxyl groups excluding tert-OH is 1. The molecule has 0 aromatic carbocycles. The maximum atomic E-state index is 12.1. The lowest BCUT2D eigenvalue weighted by atomic mass is 9.56. The highest BCUT2D eigenvalue weighted by Crippen LogP contribution is 2.50. The summed E-state index contributed by atoms with van der Waals surface area (Å²) in [6.45, 7) is 4.03. The molecule has 3 nitrogen and oxygen atoms in total. The van der Waals surface area contributed by atoms with Crippen LogP contribution >= 0.6 is 0 Å². The van der Waals surface area contributed by atoms with Gasteiger partial charge in [0.15, 0.2) is 5.78 Å². The topological polar surface area (TPSA) is 54.4 Å². The van der Waals surface area contributed by atoms with Crippen molar-refractivity contribution in [2.24, 2.45) is 10.8 Å². The second-order valence-electron chi connectivity index (χ2n) is 6.17. The summed E-state index contributed by atoms with van der Waals surface area (Å²) in [5.74, 6) is -0.0427. The summed E-state index contributed by atoms with van der Waals surface area (Å²) >= 11 is 0. The Hall–Kier alpha value is -0.700. The van der Waals surface area contributed by atoms with Crippen LogP contribution in [0.4, 0.5) is 0 Å². The van der Waals surface area contributed by atoms with Gasteiger partial charge in [0, 0.05) is 12.8 Å². The third-order valence-electron chi connectivity index (χ3n) is 4.11. The number of hydrogen-bond donors (Lipinski definition) is 1. The summed E-state index contributed by atoms with van der Waals surface area (Å²) in [6, 6.07) is 0. The van der Waals surface area contributed by atoms with E-state index < -0.39 is 11.5 Å². The Kier molecular flexibility index (Phi) is 2.69. The van der Waals surface area contributed by atoms with Gasteiger partial charge in [-0.1, -0.05) is 20.3 Å². The monoisotopic (exact) mass is 224 g/mol. The van der Waals surface area contributed by atoms with Crippen LogP contribution in [0.3, 0.4) is 0 Å². The quantitative estimate of drug-likeness (QED) is 0.683. The van der Waals surface area contributed by atoms with Crippen molar-refractivity contribution in [1.29, 1.82) is 0 Å². The zero-order chi connectivity index (χ0) is 12.0. The average molecular weight is 224 g/mol. The number of carbonyl (C=O) groups excluding carboxylic acids is 2. The molecular formula is C13H20O3. The summed E-state index contributed by atoms with van der Waals surface area (Å²) in [4.78, 5) is 23.9. The molecule has 3 heteroatoms. The van der Waals surface area contributed by atoms with Crippen LogP contribution in [0.15, 0.2) is 0 Å². The lowest BCUT2D eigenvalue weighted by molar-refractivity contribution is -0.160. The smallest absolute Gasteiger partial charge is 0.162 e. The minimum absolute atomic E-state index is 0.104. The van der Waals surface area contributed by atoms with E-state index in [0.717, 1.165) is 12.8 Å². The van der Waals surface area contributed by atoms with E-state index in [1.54, 1.807) is 0 Å². The highest BCUT2D eigenvalue weighted by atomic mass is 16.3. The molecule has 0 bridgehead atoms. The van der Waals surface area contributed by atoms with E-state index in [1.807, 2.05) is 13.8 Å². The van der Waals surface area contributed by atoms with E-state index in [4.69, 9.17) is 0 Å². The summed E-state index contributed by atoms with van der Waals surface area (Å²) in [5, 5.41) is 10.1. The van der Waals surface area contributed by atoms with Gasteiger partial charge in [0.2, 0.25) is 0 Å². The molecule has 1 spiro atoms. The maximum absolute atomic E-state index is 12.1. The minimum atomic E-state index is -1.05. The molecule has 0 aromatic heterocycles. The molecule has 0 heterocycles. The molecule has 0 aliphatic heterocycles. The molecule has 2 rings (SSSR count). The van der Waals surface area contributed by atoms with Gasteiger partial charge in [-0.2, -0.15) is 0 Å². The number of carbonyl (C=O) groups is 2. The van der Waals surface area contributed by atoms with Gasteiger partial charge in [-0.25, -0.2) is 0 Å². The minimum Gasteiger partial charge on any atom is -0.384 e. The van der Waals surface area contributed by atoms with Crippen molar-refractivity contribution < 1.29 is 14.7 Å². The predicted octanol–water partition coefficient (Wildman–Crippen LogP) is 1.87. The molecule has 90 valence electrons. The number of aliphatic hydroxyl groups is 1. The highest BCUT2D eigenvalue weighted by Gasteiger charge is 2.54. The van der Waals surface area contributed by atoms with Gasteiger partial charge >= 0.3 is 0 Å². The summed E-state index contributed by atoms with van der Waals surface area (Å²) in [5.41, 5.74) is -0.902. The van der Waals surface area contributed by atoms with E-state index in [-0.39, 0.29) is 17.0 Å². The van der Waals surface area contributed by atoms with Crippen LogP contribution in [0.25, 0.3) is 0 Å². The van der Waals surface area contributed by atoms with Gasteiger partial charge in [0.1, 0.15) is 11.9 Å². The number of Topliss-reactive ketones (excluding diaryl/α,β-unsaturated/α-hetero) is 2. The first kappa shape index (κ1) is 11.8. The third kappa shape index (κ3) is 1.71. The number of ketones is 2.